The fourth-order valence-electron chi connectivity index (χ4n) is 4.36. The molecule has 0 saturated carbocycles. The quantitative estimate of drug-likeness (QED) is 0.0686. The first-order valence-corrected chi connectivity index (χ1v) is 15.1. The number of carbonyl (C=O) groups is 1. The van der Waals surface area contributed by atoms with Crippen molar-refractivity contribution < 1.29 is 9.53 Å². The molecular formula is C31H60O2. The molecule has 2 heteroatoms. The maximum Gasteiger partial charge on any atom is 0.305 e. The van der Waals surface area contributed by atoms with Gasteiger partial charge in [0.1, 0.15) is 0 Å². The molecule has 2 nitrogen and oxygen atoms in total. The molecule has 0 aliphatic rings. The van der Waals surface area contributed by atoms with E-state index in [2.05, 4.69) is 26.0 Å². The predicted molar refractivity (Wildman–Crippen MR) is 147 cm³/mol. The summed E-state index contributed by atoms with van der Waals surface area (Å²) < 4.78 is 5.40. The fourth-order valence-corrected chi connectivity index (χ4v) is 4.36. The Balaban J connectivity index is 3.18. The van der Waals surface area contributed by atoms with Crippen LogP contribution in [0.3, 0.4) is 0 Å². The highest BCUT2D eigenvalue weighted by Gasteiger charge is 2.02. The van der Waals surface area contributed by atoms with Gasteiger partial charge in [-0.05, 0) is 38.5 Å². The third-order valence-electron chi connectivity index (χ3n) is 6.65. The molecule has 196 valence electrons. The van der Waals surface area contributed by atoms with E-state index in [1.165, 1.54) is 141 Å². The Morgan fingerprint density at radius 1 is 0.485 bits per heavy atom. The van der Waals surface area contributed by atoms with Crippen LogP contribution in [0.5, 0.6) is 0 Å². The first kappa shape index (κ1) is 32.2. The van der Waals surface area contributed by atoms with Crippen LogP contribution in [-0.4, -0.2) is 12.6 Å². The molecule has 33 heavy (non-hydrogen) atoms. The van der Waals surface area contributed by atoms with Gasteiger partial charge in [0.05, 0.1) is 6.61 Å². The second-order valence-corrected chi connectivity index (χ2v) is 10.1. The summed E-state index contributed by atoms with van der Waals surface area (Å²) in [5.41, 5.74) is 0. The van der Waals surface area contributed by atoms with Gasteiger partial charge in [-0.3, -0.25) is 4.79 Å². The van der Waals surface area contributed by atoms with Crippen molar-refractivity contribution in [1.82, 2.24) is 0 Å². The molecule has 0 aromatic carbocycles. The maximum atomic E-state index is 11.8. The molecule has 0 rings (SSSR count). The summed E-state index contributed by atoms with van der Waals surface area (Å²) in [5, 5.41) is 0. The Hall–Kier alpha value is -0.790. The Morgan fingerprint density at radius 3 is 1.30 bits per heavy atom. The molecule has 0 saturated heterocycles. The van der Waals surface area contributed by atoms with Crippen LogP contribution in [0, 0.1) is 0 Å². The molecule has 0 N–H and O–H groups in total. The van der Waals surface area contributed by atoms with E-state index in [1.54, 1.807) is 0 Å². The second-order valence-electron chi connectivity index (χ2n) is 10.1. The molecule has 0 amide bonds. The highest BCUT2D eigenvalue weighted by atomic mass is 16.5. The van der Waals surface area contributed by atoms with Crippen LogP contribution in [0.25, 0.3) is 0 Å². The van der Waals surface area contributed by atoms with Gasteiger partial charge >= 0.3 is 5.97 Å². The molecule has 0 atom stereocenters. The minimum atomic E-state index is 0.0160. The Labute approximate surface area is 208 Å². The van der Waals surface area contributed by atoms with Crippen molar-refractivity contribution in [3.63, 3.8) is 0 Å². The van der Waals surface area contributed by atoms with Crippen molar-refractivity contribution in [1.29, 1.82) is 0 Å². The van der Waals surface area contributed by atoms with Crippen molar-refractivity contribution in [3.05, 3.63) is 12.2 Å². The van der Waals surface area contributed by atoms with E-state index in [0.29, 0.717) is 13.0 Å². The van der Waals surface area contributed by atoms with E-state index in [9.17, 15) is 4.79 Å². The molecular weight excluding hydrogens is 404 g/mol. The smallest absolute Gasteiger partial charge is 0.305 e. The zero-order chi connectivity index (χ0) is 24.1. The SMILES string of the molecule is CCCCCCCC/C=C\CCCCCCCCOC(=O)CCCCCCCCCCCC. The van der Waals surface area contributed by atoms with Gasteiger partial charge in [0, 0.05) is 6.42 Å². The molecule has 0 bridgehead atoms. The lowest BCUT2D eigenvalue weighted by Crippen LogP contribution is -2.05. The van der Waals surface area contributed by atoms with Crippen molar-refractivity contribution >= 4 is 5.97 Å². The zero-order valence-corrected chi connectivity index (χ0v) is 22.9. The molecule has 0 aromatic heterocycles. The summed E-state index contributed by atoms with van der Waals surface area (Å²) in [5.74, 6) is 0.0160. The van der Waals surface area contributed by atoms with Crippen LogP contribution in [-0.2, 0) is 9.53 Å². The van der Waals surface area contributed by atoms with Crippen LogP contribution in [0.15, 0.2) is 12.2 Å². The topological polar surface area (TPSA) is 26.3 Å². The number of ether oxygens (including phenoxy) is 1. The lowest BCUT2D eigenvalue weighted by molar-refractivity contribution is -0.143. The largest absolute Gasteiger partial charge is 0.466 e. The number of hydrogen-bond acceptors (Lipinski definition) is 2. The first-order chi connectivity index (χ1) is 16.3. The van der Waals surface area contributed by atoms with E-state index >= 15 is 0 Å². The van der Waals surface area contributed by atoms with Crippen LogP contribution in [0.2, 0.25) is 0 Å². The Morgan fingerprint density at radius 2 is 0.848 bits per heavy atom. The lowest BCUT2D eigenvalue weighted by atomic mass is 10.1. The van der Waals surface area contributed by atoms with Crippen molar-refractivity contribution in [2.75, 3.05) is 6.61 Å². The van der Waals surface area contributed by atoms with Gasteiger partial charge in [0.15, 0.2) is 0 Å². The van der Waals surface area contributed by atoms with Gasteiger partial charge in [-0.15, -0.1) is 0 Å². The van der Waals surface area contributed by atoms with Gasteiger partial charge in [-0.25, -0.2) is 0 Å². The van der Waals surface area contributed by atoms with Gasteiger partial charge in [-0.2, -0.15) is 0 Å². The first-order valence-electron chi connectivity index (χ1n) is 15.1. The third-order valence-corrected chi connectivity index (χ3v) is 6.65. The van der Waals surface area contributed by atoms with Crippen molar-refractivity contribution in [2.24, 2.45) is 0 Å². The number of unbranched alkanes of at least 4 members (excludes halogenated alkanes) is 21. The maximum absolute atomic E-state index is 11.8. The van der Waals surface area contributed by atoms with Crippen molar-refractivity contribution in [2.45, 2.75) is 174 Å². The van der Waals surface area contributed by atoms with Crippen LogP contribution < -0.4 is 0 Å². The molecule has 0 heterocycles. The summed E-state index contributed by atoms with van der Waals surface area (Å²) in [4.78, 5) is 11.8. The van der Waals surface area contributed by atoms with E-state index in [4.69, 9.17) is 4.74 Å². The molecule has 0 radical (unpaired) electrons. The summed E-state index contributed by atoms with van der Waals surface area (Å²) in [7, 11) is 0. The van der Waals surface area contributed by atoms with Crippen LogP contribution >= 0.6 is 0 Å². The van der Waals surface area contributed by atoms with E-state index < -0.39 is 0 Å². The summed E-state index contributed by atoms with van der Waals surface area (Å²) in [6.07, 6.45) is 36.8. The van der Waals surface area contributed by atoms with E-state index in [1.807, 2.05) is 0 Å². The second kappa shape index (κ2) is 29.2. The van der Waals surface area contributed by atoms with E-state index in [0.717, 1.165) is 12.8 Å². The van der Waals surface area contributed by atoms with E-state index in [-0.39, 0.29) is 5.97 Å². The summed E-state index contributed by atoms with van der Waals surface area (Å²) >= 11 is 0. The highest BCUT2D eigenvalue weighted by molar-refractivity contribution is 5.69. The van der Waals surface area contributed by atoms with Crippen molar-refractivity contribution in [3.8, 4) is 0 Å². The average Bonchev–Trinajstić information content (AvgIpc) is 2.82. The molecule has 0 fully saturated rings. The molecule has 0 unspecified atom stereocenters. The van der Waals surface area contributed by atoms with Gasteiger partial charge in [-0.1, -0.05) is 142 Å². The lowest BCUT2D eigenvalue weighted by Gasteiger charge is -2.05. The van der Waals surface area contributed by atoms with Gasteiger partial charge in [0.25, 0.3) is 0 Å². The number of allylic oxidation sites excluding steroid dienone is 2. The zero-order valence-electron chi connectivity index (χ0n) is 22.9. The minimum Gasteiger partial charge on any atom is -0.466 e. The third kappa shape index (κ3) is 29.2. The van der Waals surface area contributed by atoms with Crippen LogP contribution in [0.4, 0.5) is 0 Å². The number of esters is 1. The molecule has 0 aromatic rings. The fraction of sp³-hybridized carbons (Fsp3) is 0.903. The summed E-state index contributed by atoms with van der Waals surface area (Å²) in [6.45, 7) is 5.17. The number of hydrogen-bond donors (Lipinski definition) is 0. The highest BCUT2D eigenvalue weighted by Crippen LogP contribution is 2.12. The molecule has 0 aliphatic heterocycles. The average molecular weight is 465 g/mol. The van der Waals surface area contributed by atoms with Crippen LogP contribution in [0.1, 0.15) is 174 Å². The Bertz CT molecular complexity index is 402. The standard InChI is InChI=1S/C31H60O2/c1-3-5-7-9-11-13-15-16-17-18-19-20-22-24-26-28-30-33-31(32)29-27-25-23-21-14-12-10-8-6-4-2/h16-17H,3-15,18-30H2,1-2H3/b17-16-. The normalized spacial score (nSPS) is 11.5. The number of carbonyl (C=O) groups excluding carboxylic acids is 1. The minimum absolute atomic E-state index is 0.0160. The Kier molecular flexibility index (Phi) is 28.5. The molecule has 0 spiro atoms. The monoisotopic (exact) mass is 464 g/mol. The predicted octanol–water partition coefficient (Wildman–Crippen LogP) is 10.9. The van der Waals surface area contributed by atoms with Gasteiger partial charge in [0.2, 0.25) is 0 Å². The number of rotatable bonds is 27. The van der Waals surface area contributed by atoms with Gasteiger partial charge < -0.3 is 4.74 Å². The summed E-state index contributed by atoms with van der Waals surface area (Å²) in [6, 6.07) is 0. The molecule has 0 aliphatic carbocycles.